The Morgan fingerprint density at radius 3 is 2.81 bits per heavy atom. The number of carbonyl (C=O) groups is 2. The molecule has 1 saturated carbocycles. The second-order valence-electron chi connectivity index (χ2n) is 5.81. The Bertz CT molecular complexity index is 534. The van der Waals surface area contributed by atoms with Crippen molar-refractivity contribution in [3.8, 4) is 0 Å². The lowest BCUT2D eigenvalue weighted by molar-refractivity contribution is -0.122. The molecular formula is C16H21N3O2. The van der Waals surface area contributed by atoms with Gasteiger partial charge in [-0.1, -0.05) is 12.1 Å². The van der Waals surface area contributed by atoms with Gasteiger partial charge in [0.15, 0.2) is 0 Å². The lowest BCUT2D eigenvalue weighted by Crippen LogP contribution is -2.40. The molecule has 2 aliphatic rings. The number of carbonyl (C=O) groups excluding carboxylic acids is 2. The van der Waals surface area contributed by atoms with E-state index in [0.29, 0.717) is 18.2 Å². The van der Waals surface area contributed by atoms with Crippen molar-refractivity contribution >= 4 is 11.8 Å². The van der Waals surface area contributed by atoms with E-state index < -0.39 is 0 Å². The molecule has 2 amide bonds. The van der Waals surface area contributed by atoms with Crippen LogP contribution in [0.4, 0.5) is 0 Å². The van der Waals surface area contributed by atoms with E-state index in [-0.39, 0.29) is 17.9 Å². The fourth-order valence-corrected chi connectivity index (χ4v) is 2.54. The Labute approximate surface area is 124 Å². The molecule has 1 unspecified atom stereocenters. The minimum absolute atomic E-state index is 0.0249. The lowest BCUT2D eigenvalue weighted by atomic mass is 10.1. The van der Waals surface area contributed by atoms with Crippen LogP contribution in [-0.2, 0) is 11.3 Å². The Hall–Kier alpha value is -1.88. The van der Waals surface area contributed by atoms with Gasteiger partial charge in [-0.3, -0.25) is 9.59 Å². The number of hydrogen-bond acceptors (Lipinski definition) is 3. The summed E-state index contributed by atoms with van der Waals surface area (Å²) in [4.78, 5) is 23.9. The predicted octanol–water partition coefficient (Wildman–Crippen LogP) is 0.947. The maximum absolute atomic E-state index is 12.0. The van der Waals surface area contributed by atoms with Crippen LogP contribution in [0.25, 0.3) is 0 Å². The maximum atomic E-state index is 12.0. The van der Waals surface area contributed by atoms with Crippen LogP contribution in [0.2, 0.25) is 0 Å². The van der Waals surface area contributed by atoms with E-state index in [9.17, 15) is 9.59 Å². The molecule has 1 aromatic rings. The molecule has 0 radical (unpaired) electrons. The van der Waals surface area contributed by atoms with E-state index in [1.54, 1.807) is 0 Å². The second kappa shape index (κ2) is 6.26. The summed E-state index contributed by atoms with van der Waals surface area (Å²) >= 11 is 0. The predicted molar refractivity (Wildman–Crippen MR) is 79.8 cm³/mol. The van der Waals surface area contributed by atoms with E-state index in [2.05, 4.69) is 16.0 Å². The molecule has 1 saturated heterocycles. The van der Waals surface area contributed by atoms with Crippen LogP contribution in [0.5, 0.6) is 0 Å². The average Bonchev–Trinajstić information content (AvgIpc) is 3.14. The minimum atomic E-state index is -0.0636. The molecular weight excluding hydrogens is 266 g/mol. The largest absolute Gasteiger partial charge is 0.351 e. The summed E-state index contributed by atoms with van der Waals surface area (Å²) in [6.07, 6.45) is 4.11. The van der Waals surface area contributed by atoms with Gasteiger partial charge >= 0.3 is 0 Å². The first-order valence-corrected chi connectivity index (χ1v) is 7.63. The summed E-state index contributed by atoms with van der Waals surface area (Å²) in [7, 11) is 0. The van der Waals surface area contributed by atoms with E-state index >= 15 is 0 Å². The molecule has 2 fully saturated rings. The molecule has 0 bridgehead atoms. The Morgan fingerprint density at radius 2 is 2.10 bits per heavy atom. The quantitative estimate of drug-likeness (QED) is 0.755. The van der Waals surface area contributed by atoms with Crippen molar-refractivity contribution in [2.24, 2.45) is 0 Å². The van der Waals surface area contributed by atoms with Gasteiger partial charge in [-0.05, 0) is 49.9 Å². The van der Waals surface area contributed by atoms with Gasteiger partial charge in [0.05, 0.1) is 6.04 Å². The zero-order valence-corrected chi connectivity index (χ0v) is 12.0. The average molecular weight is 287 g/mol. The minimum Gasteiger partial charge on any atom is -0.351 e. The third-order valence-electron chi connectivity index (χ3n) is 3.95. The van der Waals surface area contributed by atoms with Gasteiger partial charge in [-0.2, -0.15) is 0 Å². The highest BCUT2D eigenvalue weighted by Gasteiger charge is 2.24. The summed E-state index contributed by atoms with van der Waals surface area (Å²) < 4.78 is 0. The summed E-state index contributed by atoms with van der Waals surface area (Å²) in [6, 6.07) is 7.73. The van der Waals surface area contributed by atoms with Crippen molar-refractivity contribution in [2.75, 3.05) is 6.54 Å². The standard InChI is InChI=1S/C16H21N3O2/c20-15(19-13-6-7-13)12-4-1-3-11(9-12)10-18-16(21)14-5-2-8-17-14/h1,3-4,9,13-14,17H,2,5-8,10H2,(H,18,21)(H,19,20). The van der Waals surface area contributed by atoms with Crippen molar-refractivity contribution in [3.63, 3.8) is 0 Å². The van der Waals surface area contributed by atoms with Gasteiger partial charge in [-0.25, -0.2) is 0 Å². The van der Waals surface area contributed by atoms with E-state index in [4.69, 9.17) is 0 Å². The van der Waals surface area contributed by atoms with Gasteiger partial charge < -0.3 is 16.0 Å². The normalized spacial score (nSPS) is 21.0. The third kappa shape index (κ3) is 3.82. The summed E-state index contributed by atoms with van der Waals surface area (Å²) in [6.45, 7) is 1.37. The van der Waals surface area contributed by atoms with Crippen molar-refractivity contribution < 1.29 is 9.59 Å². The maximum Gasteiger partial charge on any atom is 0.251 e. The van der Waals surface area contributed by atoms with Crippen LogP contribution >= 0.6 is 0 Å². The van der Waals surface area contributed by atoms with Gasteiger partial charge in [0.2, 0.25) is 5.91 Å². The van der Waals surface area contributed by atoms with Gasteiger partial charge in [-0.15, -0.1) is 0 Å². The first kappa shape index (κ1) is 14.1. The molecule has 0 spiro atoms. The molecule has 5 heteroatoms. The topological polar surface area (TPSA) is 70.2 Å². The molecule has 5 nitrogen and oxygen atoms in total. The van der Waals surface area contributed by atoms with Crippen LogP contribution in [-0.4, -0.2) is 30.4 Å². The number of nitrogens with one attached hydrogen (secondary N) is 3. The fourth-order valence-electron chi connectivity index (χ4n) is 2.54. The van der Waals surface area contributed by atoms with Crippen molar-refractivity contribution in [2.45, 2.75) is 44.3 Å². The second-order valence-corrected chi connectivity index (χ2v) is 5.81. The zero-order chi connectivity index (χ0) is 14.7. The van der Waals surface area contributed by atoms with Crippen LogP contribution in [0.15, 0.2) is 24.3 Å². The van der Waals surface area contributed by atoms with E-state index in [0.717, 1.165) is 37.8 Å². The van der Waals surface area contributed by atoms with Crippen molar-refractivity contribution in [1.29, 1.82) is 0 Å². The molecule has 1 aliphatic carbocycles. The van der Waals surface area contributed by atoms with Gasteiger partial charge in [0.25, 0.3) is 5.91 Å². The third-order valence-corrected chi connectivity index (χ3v) is 3.95. The SMILES string of the molecule is O=C(NC1CC1)c1cccc(CNC(=O)C2CCCN2)c1. The molecule has 3 rings (SSSR count). The Kier molecular flexibility index (Phi) is 4.20. The first-order chi connectivity index (χ1) is 10.2. The molecule has 3 N–H and O–H groups in total. The number of rotatable bonds is 5. The molecule has 1 heterocycles. The van der Waals surface area contributed by atoms with E-state index in [1.807, 2.05) is 24.3 Å². The lowest BCUT2D eigenvalue weighted by Gasteiger charge is -2.11. The number of hydrogen-bond donors (Lipinski definition) is 3. The van der Waals surface area contributed by atoms with Crippen LogP contribution < -0.4 is 16.0 Å². The smallest absolute Gasteiger partial charge is 0.251 e. The molecule has 1 atom stereocenters. The highest BCUT2D eigenvalue weighted by molar-refractivity contribution is 5.94. The van der Waals surface area contributed by atoms with Gasteiger partial charge in [0, 0.05) is 18.2 Å². The van der Waals surface area contributed by atoms with Gasteiger partial charge in [0.1, 0.15) is 0 Å². The number of amides is 2. The van der Waals surface area contributed by atoms with Crippen molar-refractivity contribution in [1.82, 2.24) is 16.0 Å². The fraction of sp³-hybridized carbons (Fsp3) is 0.500. The summed E-state index contributed by atoms with van der Waals surface area (Å²) in [5.74, 6) is 0.0171. The van der Waals surface area contributed by atoms with E-state index in [1.165, 1.54) is 0 Å². The summed E-state index contributed by atoms with van der Waals surface area (Å²) in [5, 5.41) is 9.07. The summed E-state index contributed by atoms with van der Waals surface area (Å²) in [5.41, 5.74) is 1.61. The Morgan fingerprint density at radius 1 is 1.24 bits per heavy atom. The molecule has 21 heavy (non-hydrogen) atoms. The van der Waals surface area contributed by atoms with Crippen LogP contribution in [0.1, 0.15) is 41.6 Å². The molecule has 112 valence electrons. The highest BCUT2D eigenvalue weighted by atomic mass is 16.2. The van der Waals surface area contributed by atoms with Crippen LogP contribution in [0.3, 0.4) is 0 Å². The first-order valence-electron chi connectivity index (χ1n) is 7.63. The Balaban J connectivity index is 1.54. The zero-order valence-electron chi connectivity index (χ0n) is 12.0. The van der Waals surface area contributed by atoms with Crippen LogP contribution in [0, 0.1) is 0 Å². The highest BCUT2D eigenvalue weighted by Crippen LogP contribution is 2.19. The molecule has 1 aromatic carbocycles. The molecule has 0 aromatic heterocycles. The number of benzene rings is 1. The van der Waals surface area contributed by atoms with Crippen molar-refractivity contribution in [3.05, 3.63) is 35.4 Å². The monoisotopic (exact) mass is 287 g/mol. The molecule has 1 aliphatic heterocycles.